The summed E-state index contributed by atoms with van der Waals surface area (Å²) in [6.07, 6.45) is 0.940. The van der Waals surface area contributed by atoms with E-state index in [4.69, 9.17) is 0 Å². The molecule has 0 bridgehead atoms. The van der Waals surface area contributed by atoms with Gasteiger partial charge in [-0.1, -0.05) is 0 Å². The normalized spacial score (nSPS) is 24.6. The van der Waals surface area contributed by atoms with Crippen LogP contribution in [-0.4, -0.2) is 34.2 Å². The fourth-order valence-electron chi connectivity index (χ4n) is 2.07. The zero-order valence-electron chi connectivity index (χ0n) is 9.31. The summed E-state index contributed by atoms with van der Waals surface area (Å²) in [6.45, 7) is 6.97. The lowest BCUT2D eigenvalue weighted by Gasteiger charge is -2.15. The van der Waals surface area contributed by atoms with Crippen LogP contribution in [0.3, 0.4) is 0 Å². The molecule has 0 aliphatic carbocycles. The van der Waals surface area contributed by atoms with Crippen LogP contribution in [0, 0.1) is 12.8 Å². The molecule has 0 radical (unpaired) electrons. The molecule has 1 aliphatic heterocycles. The molecule has 2 atom stereocenters. The van der Waals surface area contributed by atoms with E-state index in [1.807, 2.05) is 13.8 Å². The lowest BCUT2D eigenvalue weighted by Crippen LogP contribution is -2.23. The second-order valence-electron chi connectivity index (χ2n) is 4.41. The molecule has 0 spiro atoms. The van der Waals surface area contributed by atoms with Crippen LogP contribution >= 0.6 is 11.3 Å². The first kappa shape index (κ1) is 11.0. The molecule has 1 aromatic rings. The van der Waals surface area contributed by atoms with Crippen LogP contribution in [0.2, 0.25) is 0 Å². The molecule has 3 nitrogen and oxygen atoms in total. The molecule has 4 heteroatoms. The van der Waals surface area contributed by atoms with Crippen molar-refractivity contribution in [2.45, 2.75) is 32.9 Å². The van der Waals surface area contributed by atoms with Gasteiger partial charge in [0.2, 0.25) is 0 Å². The second-order valence-corrected chi connectivity index (χ2v) is 5.35. The van der Waals surface area contributed by atoms with Gasteiger partial charge in [-0.05, 0) is 32.7 Å². The van der Waals surface area contributed by atoms with Crippen molar-refractivity contribution in [2.24, 2.45) is 5.92 Å². The van der Waals surface area contributed by atoms with Crippen LogP contribution in [0.4, 0.5) is 0 Å². The highest BCUT2D eigenvalue weighted by Crippen LogP contribution is 2.22. The summed E-state index contributed by atoms with van der Waals surface area (Å²) in [5.41, 5.74) is 1.11. The minimum atomic E-state index is -0.173. The van der Waals surface area contributed by atoms with Crippen molar-refractivity contribution in [3.8, 4) is 0 Å². The van der Waals surface area contributed by atoms with Crippen LogP contribution in [0.15, 0.2) is 5.38 Å². The number of aliphatic hydroxyl groups is 1. The molecule has 2 rings (SSSR count). The molecule has 0 saturated carbocycles. The maximum atomic E-state index is 9.50. The van der Waals surface area contributed by atoms with Crippen LogP contribution in [0.5, 0.6) is 0 Å². The molecule has 0 amide bonds. The van der Waals surface area contributed by atoms with Crippen molar-refractivity contribution in [1.29, 1.82) is 0 Å². The van der Waals surface area contributed by atoms with Gasteiger partial charge >= 0.3 is 0 Å². The summed E-state index contributed by atoms with van der Waals surface area (Å²) in [5.74, 6) is 0.450. The van der Waals surface area contributed by atoms with Gasteiger partial charge in [0.1, 0.15) is 5.01 Å². The van der Waals surface area contributed by atoms with Crippen molar-refractivity contribution in [3.05, 3.63) is 16.1 Å². The second kappa shape index (κ2) is 4.60. The van der Waals surface area contributed by atoms with E-state index in [0.717, 1.165) is 31.7 Å². The Bertz CT molecular complexity index is 324. The average Bonchev–Trinajstić information content (AvgIpc) is 2.76. The largest absolute Gasteiger partial charge is 0.393 e. The Morgan fingerprint density at radius 1 is 1.73 bits per heavy atom. The first-order valence-electron chi connectivity index (χ1n) is 5.46. The van der Waals surface area contributed by atoms with Gasteiger partial charge in [-0.2, -0.15) is 0 Å². The Balaban J connectivity index is 1.87. The van der Waals surface area contributed by atoms with Crippen LogP contribution in [-0.2, 0) is 6.54 Å². The number of rotatable bonds is 3. The predicted octanol–water partition coefficient (Wildman–Crippen LogP) is 1.65. The summed E-state index contributed by atoms with van der Waals surface area (Å²) in [7, 11) is 0. The van der Waals surface area contributed by atoms with Gasteiger partial charge in [0.15, 0.2) is 0 Å². The van der Waals surface area contributed by atoms with E-state index in [-0.39, 0.29) is 6.10 Å². The minimum Gasteiger partial charge on any atom is -0.393 e. The Kier molecular flexibility index (Phi) is 3.38. The molecule has 2 unspecified atom stereocenters. The summed E-state index contributed by atoms with van der Waals surface area (Å²) in [5, 5.41) is 12.8. The van der Waals surface area contributed by atoms with Gasteiger partial charge in [0.25, 0.3) is 0 Å². The zero-order valence-corrected chi connectivity index (χ0v) is 10.1. The van der Waals surface area contributed by atoms with Gasteiger partial charge in [-0.15, -0.1) is 11.3 Å². The molecule has 2 heterocycles. The third-order valence-corrected chi connectivity index (χ3v) is 3.97. The number of thiazole rings is 1. The molecule has 1 N–H and O–H groups in total. The van der Waals surface area contributed by atoms with Gasteiger partial charge in [0, 0.05) is 17.6 Å². The molecular formula is C11H18N2OS. The Morgan fingerprint density at radius 2 is 2.53 bits per heavy atom. The number of aryl methyl sites for hydroxylation is 1. The van der Waals surface area contributed by atoms with E-state index in [9.17, 15) is 5.11 Å². The minimum absolute atomic E-state index is 0.173. The first-order chi connectivity index (χ1) is 7.15. The van der Waals surface area contributed by atoms with Gasteiger partial charge in [0.05, 0.1) is 12.6 Å². The molecule has 1 aliphatic rings. The first-order valence-corrected chi connectivity index (χ1v) is 6.34. The Morgan fingerprint density at radius 3 is 3.07 bits per heavy atom. The third-order valence-electron chi connectivity index (χ3n) is 3.02. The summed E-state index contributed by atoms with van der Waals surface area (Å²) >= 11 is 1.73. The number of aliphatic hydroxyl groups excluding tert-OH is 1. The van der Waals surface area contributed by atoms with Crippen molar-refractivity contribution in [2.75, 3.05) is 13.1 Å². The molecular weight excluding hydrogens is 208 g/mol. The lowest BCUT2D eigenvalue weighted by molar-refractivity contribution is 0.127. The summed E-state index contributed by atoms with van der Waals surface area (Å²) < 4.78 is 0. The number of hydrogen-bond acceptors (Lipinski definition) is 4. The van der Waals surface area contributed by atoms with E-state index < -0.39 is 0 Å². The molecule has 1 fully saturated rings. The Labute approximate surface area is 94.8 Å². The van der Waals surface area contributed by atoms with Crippen LogP contribution in [0.25, 0.3) is 0 Å². The van der Waals surface area contributed by atoms with Crippen LogP contribution in [0.1, 0.15) is 24.0 Å². The number of nitrogens with zero attached hydrogens (tertiary/aromatic N) is 2. The van der Waals surface area contributed by atoms with Gasteiger partial charge < -0.3 is 5.11 Å². The van der Waals surface area contributed by atoms with E-state index in [1.165, 1.54) is 5.01 Å². The van der Waals surface area contributed by atoms with Crippen LogP contribution < -0.4 is 0 Å². The van der Waals surface area contributed by atoms with Crippen molar-refractivity contribution in [1.82, 2.24) is 9.88 Å². The standard InChI is InChI=1S/C11H18N2OS/c1-8-7-15-11(12-8)6-13-4-3-10(5-13)9(2)14/h7,9-10,14H,3-6H2,1-2H3. The van der Waals surface area contributed by atoms with Crippen molar-refractivity contribution in [3.63, 3.8) is 0 Å². The number of likely N-dealkylation sites (tertiary alicyclic amines) is 1. The highest BCUT2D eigenvalue weighted by atomic mass is 32.1. The van der Waals surface area contributed by atoms with Crippen molar-refractivity contribution < 1.29 is 5.11 Å². The monoisotopic (exact) mass is 226 g/mol. The molecule has 1 saturated heterocycles. The third kappa shape index (κ3) is 2.77. The fraction of sp³-hybridized carbons (Fsp3) is 0.727. The highest BCUT2D eigenvalue weighted by molar-refractivity contribution is 7.09. The predicted molar refractivity (Wildman–Crippen MR) is 61.9 cm³/mol. The lowest BCUT2D eigenvalue weighted by atomic mass is 10.0. The maximum absolute atomic E-state index is 9.50. The topological polar surface area (TPSA) is 36.4 Å². The SMILES string of the molecule is Cc1csc(CN2CCC(C(C)O)C2)n1. The average molecular weight is 226 g/mol. The molecule has 0 aromatic carbocycles. The fourth-order valence-corrected chi connectivity index (χ4v) is 2.88. The Hall–Kier alpha value is -0.450. The van der Waals surface area contributed by atoms with Gasteiger partial charge in [-0.25, -0.2) is 4.98 Å². The highest BCUT2D eigenvalue weighted by Gasteiger charge is 2.26. The quantitative estimate of drug-likeness (QED) is 0.851. The number of aromatic nitrogens is 1. The maximum Gasteiger partial charge on any atom is 0.107 e. The molecule has 84 valence electrons. The smallest absolute Gasteiger partial charge is 0.107 e. The van der Waals surface area contributed by atoms with E-state index in [2.05, 4.69) is 15.3 Å². The van der Waals surface area contributed by atoms with E-state index >= 15 is 0 Å². The van der Waals surface area contributed by atoms with E-state index in [0.29, 0.717) is 5.92 Å². The zero-order chi connectivity index (χ0) is 10.8. The molecule has 1 aromatic heterocycles. The number of hydrogen-bond donors (Lipinski definition) is 1. The van der Waals surface area contributed by atoms with Crippen molar-refractivity contribution >= 4 is 11.3 Å². The summed E-state index contributed by atoms with van der Waals surface area (Å²) in [4.78, 5) is 6.84. The van der Waals surface area contributed by atoms with E-state index in [1.54, 1.807) is 11.3 Å². The summed E-state index contributed by atoms with van der Waals surface area (Å²) in [6, 6.07) is 0. The van der Waals surface area contributed by atoms with Gasteiger partial charge in [-0.3, -0.25) is 4.90 Å². The molecule has 15 heavy (non-hydrogen) atoms.